The van der Waals surface area contributed by atoms with E-state index in [4.69, 9.17) is 4.74 Å². The molecule has 4 rings (SSSR count). The number of rotatable bonds is 2. The first-order valence-electron chi connectivity index (χ1n) is 8.10. The number of carboxylic acid groups (broad SMARTS) is 1. The van der Waals surface area contributed by atoms with Gasteiger partial charge in [0.05, 0.1) is 12.0 Å². The number of hydrogen-bond donors (Lipinski definition) is 1. The van der Waals surface area contributed by atoms with Gasteiger partial charge < -0.3 is 14.7 Å². The fourth-order valence-electron chi connectivity index (χ4n) is 3.80. The number of amides is 1. The van der Waals surface area contributed by atoms with Crippen molar-refractivity contribution in [3.05, 3.63) is 46.5 Å². The number of carbonyl (C=O) groups is 2. The summed E-state index contributed by atoms with van der Waals surface area (Å²) in [6.45, 7) is 1.03. The van der Waals surface area contributed by atoms with Crippen molar-refractivity contribution in [2.45, 2.75) is 6.42 Å². The van der Waals surface area contributed by atoms with Crippen LogP contribution in [-0.2, 0) is 9.53 Å². The Balaban J connectivity index is 1.69. The first-order chi connectivity index (χ1) is 12.0. The average Bonchev–Trinajstić information content (AvgIpc) is 3.03. The van der Waals surface area contributed by atoms with Gasteiger partial charge in [0.15, 0.2) is 0 Å². The van der Waals surface area contributed by atoms with Crippen LogP contribution in [0.3, 0.4) is 0 Å². The number of pyridine rings is 1. The van der Waals surface area contributed by atoms with Crippen LogP contribution in [-0.4, -0.2) is 57.6 Å². The van der Waals surface area contributed by atoms with Crippen molar-refractivity contribution in [3.63, 3.8) is 0 Å². The molecule has 0 unspecified atom stereocenters. The molecule has 2 atom stereocenters. The van der Waals surface area contributed by atoms with Crippen molar-refractivity contribution in [2.24, 2.45) is 11.3 Å². The van der Waals surface area contributed by atoms with Gasteiger partial charge in [-0.15, -0.1) is 0 Å². The molecule has 0 spiro atoms. The second-order valence-corrected chi connectivity index (χ2v) is 6.57. The van der Waals surface area contributed by atoms with E-state index >= 15 is 0 Å². The van der Waals surface area contributed by atoms with Gasteiger partial charge in [-0.3, -0.25) is 18.8 Å². The molecule has 0 aliphatic carbocycles. The van der Waals surface area contributed by atoms with Gasteiger partial charge in [0.1, 0.15) is 11.2 Å². The summed E-state index contributed by atoms with van der Waals surface area (Å²) in [4.78, 5) is 42.9. The number of aromatic nitrogens is 2. The van der Waals surface area contributed by atoms with Crippen LogP contribution in [0.1, 0.15) is 16.8 Å². The summed E-state index contributed by atoms with van der Waals surface area (Å²) in [5.74, 6) is -1.66. The fourth-order valence-corrected chi connectivity index (χ4v) is 3.80. The minimum absolute atomic E-state index is 0.0520. The zero-order valence-corrected chi connectivity index (χ0v) is 13.4. The lowest BCUT2D eigenvalue weighted by Gasteiger charge is -2.33. The number of likely N-dealkylation sites (tertiary alicyclic amines) is 1. The zero-order chi connectivity index (χ0) is 17.6. The van der Waals surface area contributed by atoms with Crippen LogP contribution in [0.15, 0.2) is 35.4 Å². The molecule has 2 aromatic heterocycles. The molecule has 25 heavy (non-hydrogen) atoms. The highest BCUT2D eigenvalue weighted by Crippen LogP contribution is 2.42. The molecule has 8 heteroatoms. The van der Waals surface area contributed by atoms with Crippen LogP contribution >= 0.6 is 0 Å². The minimum atomic E-state index is -0.992. The summed E-state index contributed by atoms with van der Waals surface area (Å²) >= 11 is 0. The molecule has 130 valence electrons. The lowest BCUT2D eigenvalue weighted by Crippen LogP contribution is -2.45. The molecule has 2 saturated heterocycles. The summed E-state index contributed by atoms with van der Waals surface area (Å²) < 4.78 is 6.71. The van der Waals surface area contributed by atoms with Crippen LogP contribution in [0, 0.1) is 11.3 Å². The number of nitrogens with zero attached hydrogens (tertiary/aromatic N) is 3. The smallest absolute Gasteiger partial charge is 0.311 e. The number of aliphatic carboxylic acids is 1. The third kappa shape index (κ3) is 2.32. The van der Waals surface area contributed by atoms with Gasteiger partial charge in [-0.1, -0.05) is 6.07 Å². The molecule has 0 aromatic carbocycles. The van der Waals surface area contributed by atoms with E-state index in [-0.39, 0.29) is 24.6 Å². The van der Waals surface area contributed by atoms with E-state index in [1.165, 1.54) is 15.5 Å². The highest BCUT2D eigenvalue weighted by atomic mass is 16.5. The van der Waals surface area contributed by atoms with Crippen LogP contribution in [0.4, 0.5) is 0 Å². The minimum Gasteiger partial charge on any atom is -0.481 e. The monoisotopic (exact) mass is 343 g/mol. The predicted octanol–water partition coefficient (Wildman–Crippen LogP) is 0.258. The third-order valence-electron chi connectivity index (χ3n) is 5.26. The van der Waals surface area contributed by atoms with Crippen molar-refractivity contribution in [1.29, 1.82) is 0 Å². The van der Waals surface area contributed by atoms with Gasteiger partial charge in [-0.05, 0) is 18.6 Å². The zero-order valence-electron chi connectivity index (χ0n) is 13.4. The Hall–Kier alpha value is -2.74. The molecule has 0 bridgehead atoms. The first-order valence-corrected chi connectivity index (χ1v) is 8.10. The van der Waals surface area contributed by atoms with Crippen molar-refractivity contribution < 1.29 is 19.4 Å². The summed E-state index contributed by atoms with van der Waals surface area (Å²) in [5.41, 5.74) is -1.04. The Kier molecular flexibility index (Phi) is 3.57. The Morgan fingerprint density at radius 3 is 2.96 bits per heavy atom. The molecule has 2 fully saturated rings. The maximum atomic E-state index is 12.9. The molecule has 8 nitrogen and oxygen atoms in total. The molecule has 2 aliphatic rings. The lowest BCUT2D eigenvalue weighted by atomic mass is 9.74. The Labute approximate surface area is 142 Å². The summed E-state index contributed by atoms with van der Waals surface area (Å²) in [6.07, 6.45) is 3.19. The lowest BCUT2D eigenvalue weighted by molar-refractivity contribution is -0.157. The largest absolute Gasteiger partial charge is 0.481 e. The SMILES string of the molecule is O=C(c1cnc2ccccn2c1=O)N1C[C@H]2COCC[C@@]2(C(=O)O)C1. The van der Waals surface area contributed by atoms with Crippen LogP contribution in [0.2, 0.25) is 0 Å². The molecule has 2 aliphatic heterocycles. The van der Waals surface area contributed by atoms with Gasteiger partial charge in [-0.2, -0.15) is 0 Å². The standard InChI is InChI=1S/C17H17N3O5/c21-14(12-7-18-13-3-1-2-5-20(13)15(12)22)19-8-11-9-25-6-4-17(11,10-19)16(23)24/h1-3,5,7,11H,4,6,8-10H2,(H,23,24)/t11-,17+/m0/s1. The normalized spacial score (nSPS) is 25.8. The van der Waals surface area contributed by atoms with Crippen molar-refractivity contribution in [1.82, 2.24) is 14.3 Å². The van der Waals surface area contributed by atoms with Gasteiger partial charge in [-0.25, -0.2) is 4.98 Å². The van der Waals surface area contributed by atoms with E-state index in [9.17, 15) is 19.5 Å². The number of fused-ring (bicyclic) bond motifs is 2. The number of hydrogen-bond acceptors (Lipinski definition) is 5. The fraction of sp³-hybridized carbons (Fsp3) is 0.412. The maximum Gasteiger partial charge on any atom is 0.311 e. The van der Waals surface area contributed by atoms with Crippen molar-refractivity contribution >= 4 is 17.5 Å². The molecule has 2 aromatic rings. The summed E-state index contributed by atoms with van der Waals surface area (Å²) in [5, 5.41) is 9.69. The van der Waals surface area contributed by atoms with Crippen LogP contribution in [0.5, 0.6) is 0 Å². The van der Waals surface area contributed by atoms with Crippen molar-refractivity contribution in [3.8, 4) is 0 Å². The number of carbonyl (C=O) groups excluding carboxylic acids is 1. The van der Waals surface area contributed by atoms with E-state index in [0.29, 0.717) is 25.3 Å². The highest BCUT2D eigenvalue weighted by Gasteiger charge is 2.55. The van der Waals surface area contributed by atoms with Gasteiger partial charge >= 0.3 is 5.97 Å². The maximum absolute atomic E-state index is 12.9. The van der Waals surface area contributed by atoms with Crippen LogP contribution in [0.25, 0.3) is 5.65 Å². The molecule has 1 amide bonds. The number of ether oxygens (including phenoxy) is 1. The van der Waals surface area contributed by atoms with E-state index < -0.39 is 22.9 Å². The van der Waals surface area contributed by atoms with Gasteiger partial charge in [0.2, 0.25) is 0 Å². The molecule has 0 saturated carbocycles. The van der Waals surface area contributed by atoms with Crippen LogP contribution < -0.4 is 5.56 Å². The number of carboxylic acids is 1. The average molecular weight is 343 g/mol. The summed E-state index contributed by atoms with van der Waals surface area (Å²) in [7, 11) is 0. The predicted molar refractivity (Wildman–Crippen MR) is 86.4 cm³/mol. The Morgan fingerprint density at radius 1 is 1.36 bits per heavy atom. The molecule has 0 radical (unpaired) electrons. The molecular weight excluding hydrogens is 326 g/mol. The molecule has 4 heterocycles. The second kappa shape index (κ2) is 5.66. The first kappa shape index (κ1) is 15.8. The topological polar surface area (TPSA) is 101 Å². The third-order valence-corrected chi connectivity index (χ3v) is 5.26. The highest BCUT2D eigenvalue weighted by molar-refractivity contribution is 5.94. The van der Waals surface area contributed by atoms with Crippen molar-refractivity contribution in [2.75, 3.05) is 26.3 Å². The Morgan fingerprint density at radius 2 is 2.20 bits per heavy atom. The van der Waals surface area contributed by atoms with Gasteiger partial charge in [0, 0.05) is 38.0 Å². The molecule has 1 N–H and O–H groups in total. The second-order valence-electron chi connectivity index (χ2n) is 6.57. The molecular formula is C17H17N3O5. The Bertz CT molecular complexity index is 924. The summed E-state index contributed by atoms with van der Waals surface area (Å²) in [6, 6.07) is 5.12. The van der Waals surface area contributed by atoms with E-state index in [0.717, 1.165) is 0 Å². The van der Waals surface area contributed by atoms with E-state index in [2.05, 4.69) is 4.98 Å². The van der Waals surface area contributed by atoms with Gasteiger partial charge in [0.25, 0.3) is 11.5 Å². The van der Waals surface area contributed by atoms with E-state index in [1.54, 1.807) is 24.4 Å². The quantitative estimate of drug-likeness (QED) is 0.839. The van der Waals surface area contributed by atoms with E-state index in [1.807, 2.05) is 0 Å².